The van der Waals surface area contributed by atoms with E-state index in [-0.39, 0.29) is 25.8 Å². The van der Waals surface area contributed by atoms with Crippen molar-refractivity contribution in [3.05, 3.63) is 60.8 Å². The summed E-state index contributed by atoms with van der Waals surface area (Å²) in [6, 6.07) is 0. The monoisotopic (exact) mass is 739 g/mol. The van der Waals surface area contributed by atoms with E-state index in [0.717, 1.165) is 70.6 Å². The molecule has 9 heteroatoms. The summed E-state index contributed by atoms with van der Waals surface area (Å²) in [5.74, 6) is -0.333. The van der Waals surface area contributed by atoms with E-state index in [1.54, 1.807) is 0 Å². The van der Waals surface area contributed by atoms with Gasteiger partial charge < -0.3 is 18.9 Å². The second-order valence-electron chi connectivity index (χ2n) is 14.3. The quantitative estimate of drug-likeness (QED) is 0.0225. The second kappa shape index (κ2) is 35.2. The Morgan fingerprint density at radius 1 is 0.627 bits per heavy atom. The van der Waals surface area contributed by atoms with Crippen molar-refractivity contribution in [3.63, 3.8) is 0 Å². The van der Waals surface area contributed by atoms with E-state index >= 15 is 0 Å². The van der Waals surface area contributed by atoms with E-state index in [9.17, 15) is 14.3 Å². The van der Waals surface area contributed by atoms with Crippen LogP contribution in [0.2, 0.25) is 0 Å². The van der Waals surface area contributed by atoms with Crippen molar-refractivity contribution in [2.24, 2.45) is 0 Å². The summed E-state index contributed by atoms with van der Waals surface area (Å²) in [6.07, 6.45) is 42.6. The number of ether oxygens (including phenoxy) is 2. The third-order valence-electron chi connectivity index (χ3n) is 8.09. The maximum atomic E-state index is 12.6. The summed E-state index contributed by atoms with van der Waals surface area (Å²) in [7, 11) is 1.63. The summed E-state index contributed by atoms with van der Waals surface area (Å²) < 4.78 is 34.8. The van der Waals surface area contributed by atoms with E-state index in [2.05, 4.69) is 74.6 Å². The van der Waals surface area contributed by atoms with E-state index in [1.807, 2.05) is 21.1 Å². The van der Waals surface area contributed by atoms with Gasteiger partial charge in [0.2, 0.25) is 0 Å². The molecule has 0 aromatic rings. The van der Waals surface area contributed by atoms with Crippen LogP contribution in [-0.2, 0) is 27.9 Å². The number of allylic oxidation sites excluding steroid dienone is 10. The highest BCUT2D eigenvalue weighted by Crippen LogP contribution is 2.43. The zero-order valence-electron chi connectivity index (χ0n) is 33.3. The third kappa shape index (κ3) is 39.2. The minimum atomic E-state index is -4.28. The molecule has 0 heterocycles. The lowest BCUT2D eigenvalue weighted by Crippen LogP contribution is -2.37. The van der Waals surface area contributed by atoms with E-state index < -0.39 is 13.9 Å². The molecular formula is C42H77NO7P+. The normalized spacial score (nSPS) is 14.5. The van der Waals surface area contributed by atoms with Crippen LogP contribution in [0.3, 0.4) is 0 Å². The van der Waals surface area contributed by atoms with E-state index in [4.69, 9.17) is 18.5 Å². The summed E-state index contributed by atoms with van der Waals surface area (Å²) >= 11 is 0. The molecule has 2 unspecified atom stereocenters. The van der Waals surface area contributed by atoms with Gasteiger partial charge in [-0.15, -0.1) is 0 Å². The lowest BCUT2D eigenvalue weighted by molar-refractivity contribution is -0.870. The molecule has 0 fully saturated rings. The number of phosphoric acid groups is 1. The molecule has 0 aromatic heterocycles. The van der Waals surface area contributed by atoms with Gasteiger partial charge in [0.25, 0.3) is 0 Å². The molecule has 0 radical (unpaired) electrons. The van der Waals surface area contributed by atoms with Gasteiger partial charge in [0.05, 0.1) is 34.4 Å². The van der Waals surface area contributed by atoms with Gasteiger partial charge in [0.1, 0.15) is 19.3 Å². The summed E-state index contributed by atoms with van der Waals surface area (Å²) in [6.45, 7) is 5.37. The molecule has 51 heavy (non-hydrogen) atoms. The predicted octanol–water partition coefficient (Wildman–Crippen LogP) is 11.4. The van der Waals surface area contributed by atoms with Crippen molar-refractivity contribution in [3.8, 4) is 0 Å². The van der Waals surface area contributed by atoms with Gasteiger partial charge >= 0.3 is 13.8 Å². The molecule has 0 saturated carbocycles. The molecule has 0 aliphatic carbocycles. The Labute approximate surface area is 313 Å². The number of unbranched alkanes of at least 4 members (excludes halogenated alkanes) is 12. The van der Waals surface area contributed by atoms with Crippen molar-refractivity contribution in [2.45, 2.75) is 148 Å². The molecular weight excluding hydrogens is 661 g/mol. The van der Waals surface area contributed by atoms with Crippen LogP contribution < -0.4 is 0 Å². The molecule has 0 aliphatic rings. The highest BCUT2D eigenvalue weighted by atomic mass is 31.2. The highest BCUT2D eigenvalue weighted by Gasteiger charge is 2.26. The first-order valence-electron chi connectivity index (χ1n) is 20.0. The largest absolute Gasteiger partial charge is 0.472 e. The lowest BCUT2D eigenvalue weighted by atomic mass is 10.1. The molecule has 296 valence electrons. The van der Waals surface area contributed by atoms with Crippen LogP contribution in [0, 0.1) is 0 Å². The Hall–Kier alpha value is -1.80. The number of rotatable bonds is 36. The van der Waals surface area contributed by atoms with Crippen LogP contribution in [-0.4, -0.2) is 75.6 Å². The number of phosphoric ester groups is 1. The fourth-order valence-corrected chi connectivity index (χ4v) is 5.73. The van der Waals surface area contributed by atoms with Crippen molar-refractivity contribution in [1.82, 2.24) is 0 Å². The topological polar surface area (TPSA) is 91.3 Å². The molecule has 8 nitrogen and oxygen atoms in total. The van der Waals surface area contributed by atoms with Gasteiger partial charge in [-0.3, -0.25) is 13.8 Å². The van der Waals surface area contributed by atoms with Gasteiger partial charge in [0.15, 0.2) is 0 Å². The summed E-state index contributed by atoms with van der Waals surface area (Å²) in [4.78, 5) is 22.8. The molecule has 0 bridgehead atoms. The van der Waals surface area contributed by atoms with Crippen LogP contribution in [0.1, 0.15) is 142 Å². The number of likely N-dealkylation sites (N-methyl/N-ethyl adjacent to an activating group) is 1. The number of carbonyl (C=O) groups excluding carboxylic acids is 1. The Balaban J connectivity index is 4.36. The molecule has 0 aromatic carbocycles. The zero-order chi connectivity index (χ0) is 37.7. The van der Waals surface area contributed by atoms with Crippen LogP contribution >= 0.6 is 7.82 Å². The second-order valence-corrected chi connectivity index (χ2v) is 15.7. The molecule has 0 spiro atoms. The number of quaternary nitrogens is 1. The highest BCUT2D eigenvalue weighted by molar-refractivity contribution is 7.47. The third-order valence-corrected chi connectivity index (χ3v) is 9.08. The van der Waals surface area contributed by atoms with Gasteiger partial charge in [-0.1, -0.05) is 139 Å². The molecule has 0 rings (SSSR count). The molecule has 2 atom stereocenters. The SMILES string of the molecule is CC/C=C\C/C=C\C/C=C\C/C=C\C/C=C\CCCCOCC(COP(=O)(O)OCC[N+](C)(C)C)OC(=O)CCCCCCCCCCCCC. The minimum Gasteiger partial charge on any atom is -0.457 e. The number of esters is 1. The fraction of sp³-hybridized carbons (Fsp3) is 0.738. The van der Waals surface area contributed by atoms with E-state index in [0.29, 0.717) is 24.1 Å². The van der Waals surface area contributed by atoms with Crippen LogP contribution in [0.15, 0.2) is 60.8 Å². The average Bonchev–Trinajstić information content (AvgIpc) is 3.08. The Bertz CT molecular complexity index is 1000. The Morgan fingerprint density at radius 3 is 1.67 bits per heavy atom. The Kier molecular flexibility index (Phi) is 34.0. The van der Waals surface area contributed by atoms with Gasteiger partial charge in [-0.05, 0) is 57.8 Å². The average molecular weight is 739 g/mol. The first-order valence-corrected chi connectivity index (χ1v) is 21.5. The maximum absolute atomic E-state index is 12.6. The smallest absolute Gasteiger partial charge is 0.457 e. The first kappa shape index (κ1) is 49.2. The minimum absolute atomic E-state index is 0.0784. The van der Waals surface area contributed by atoms with Crippen LogP contribution in [0.4, 0.5) is 0 Å². The zero-order valence-corrected chi connectivity index (χ0v) is 34.2. The molecule has 0 amide bonds. The first-order chi connectivity index (χ1) is 24.6. The van der Waals surface area contributed by atoms with Crippen LogP contribution in [0.25, 0.3) is 0 Å². The summed E-state index contributed by atoms with van der Waals surface area (Å²) in [5.41, 5.74) is 0. The Morgan fingerprint density at radius 2 is 1.14 bits per heavy atom. The number of carbonyl (C=O) groups is 1. The van der Waals surface area contributed by atoms with Crippen molar-refractivity contribution < 1.29 is 37.3 Å². The molecule has 0 aliphatic heterocycles. The predicted molar refractivity (Wildman–Crippen MR) is 215 cm³/mol. The molecule has 1 N–H and O–H groups in total. The number of hydrogen-bond acceptors (Lipinski definition) is 6. The fourth-order valence-electron chi connectivity index (χ4n) is 4.99. The summed E-state index contributed by atoms with van der Waals surface area (Å²) in [5, 5.41) is 0. The van der Waals surface area contributed by atoms with Gasteiger partial charge in [0, 0.05) is 13.0 Å². The standard InChI is InChI=1S/C42H76NO7P/c1-6-8-10-12-14-16-18-19-20-21-22-23-24-26-28-30-32-34-37-47-39-41(40-49-51(45,46)48-38-36-43(3,4)5)50-42(44)35-33-31-29-27-25-17-15-13-11-9-7-2/h8,10,14,16,19-20,22-23,26,28,41H,6-7,9,11-13,15,17-18,21,24-25,27,29-40H2,1-5H3/p+1/b10-8-,16-14-,20-19-,23-22-,28-26-. The van der Waals surface area contributed by atoms with Crippen molar-refractivity contribution >= 4 is 13.8 Å². The van der Waals surface area contributed by atoms with Crippen molar-refractivity contribution in [1.29, 1.82) is 0 Å². The van der Waals surface area contributed by atoms with Gasteiger partial charge in [-0.2, -0.15) is 0 Å². The number of hydrogen-bond donors (Lipinski definition) is 1. The lowest BCUT2D eigenvalue weighted by Gasteiger charge is -2.24. The molecule has 0 saturated heterocycles. The van der Waals surface area contributed by atoms with Gasteiger partial charge in [-0.25, -0.2) is 4.57 Å². The van der Waals surface area contributed by atoms with E-state index in [1.165, 1.54) is 51.4 Å². The van der Waals surface area contributed by atoms with Crippen LogP contribution in [0.5, 0.6) is 0 Å². The maximum Gasteiger partial charge on any atom is 0.472 e. The van der Waals surface area contributed by atoms with Crippen molar-refractivity contribution in [2.75, 3.05) is 54.1 Å². The number of nitrogens with zero attached hydrogens (tertiary/aromatic N) is 1.